The van der Waals surface area contributed by atoms with Gasteiger partial charge < -0.3 is 9.84 Å². The lowest BCUT2D eigenvalue weighted by Crippen LogP contribution is -2.39. The summed E-state index contributed by atoms with van der Waals surface area (Å²) in [6, 6.07) is 20.9. The summed E-state index contributed by atoms with van der Waals surface area (Å²) in [5, 5.41) is 19.5. The van der Waals surface area contributed by atoms with Gasteiger partial charge in [0.2, 0.25) is 5.60 Å². The normalized spacial score (nSPS) is 14.0. The Bertz CT molecular complexity index is 1340. The van der Waals surface area contributed by atoms with Crippen LogP contribution in [0.5, 0.6) is 5.75 Å². The molecule has 35 heavy (non-hydrogen) atoms. The van der Waals surface area contributed by atoms with Crippen LogP contribution in [0, 0.1) is 0 Å². The lowest BCUT2D eigenvalue weighted by atomic mass is 9.85. The van der Waals surface area contributed by atoms with Crippen molar-refractivity contribution in [3.63, 3.8) is 0 Å². The van der Waals surface area contributed by atoms with Gasteiger partial charge in [-0.15, -0.1) is 15.0 Å². The number of benzene rings is 3. The highest BCUT2D eigenvalue weighted by molar-refractivity contribution is 5.80. The molecule has 0 bridgehead atoms. The minimum absolute atomic E-state index is 0.0390. The van der Waals surface area contributed by atoms with Crippen molar-refractivity contribution >= 4 is 17.0 Å². The van der Waals surface area contributed by atoms with Gasteiger partial charge in [0.1, 0.15) is 22.5 Å². The zero-order valence-electron chi connectivity index (χ0n) is 21.5. The quantitative estimate of drug-likeness (QED) is 0.365. The minimum atomic E-state index is -1.61. The number of hydrogen-bond donors (Lipinski definition) is 1. The Morgan fingerprint density at radius 3 is 1.71 bits per heavy atom. The third kappa shape index (κ3) is 4.78. The number of carboxylic acid groups (broad SMARTS) is 1. The van der Waals surface area contributed by atoms with Crippen LogP contribution in [-0.4, -0.2) is 26.1 Å². The Kier molecular flexibility index (Phi) is 5.95. The van der Waals surface area contributed by atoms with Gasteiger partial charge in [0, 0.05) is 5.56 Å². The number of ether oxygens (including phenoxy) is 1. The minimum Gasteiger partial charge on any atom is -0.478 e. The van der Waals surface area contributed by atoms with E-state index >= 15 is 0 Å². The predicted molar refractivity (Wildman–Crippen MR) is 138 cm³/mol. The lowest BCUT2D eigenvalue weighted by molar-refractivity contribution is -0.154. The second kappa shape index (κ2) is 8.52. The fourth-order valence-corrected chi connectivity index (χ4v) is 3.93. The van der Waals surface area contributed by atoms with Crippen LogP contribution in [0.25, 0.3) is 16.7 Å². The highest BCUT2D eigenvalue weighted by Gasteiger charge is 2.39. The molecule has 0 aliphatic heterocycles. The van der Waals surface area contributed by atoms with Crippen LogP contribution in [0.4, 0.5) is 0 Å². The van der Waals surface area contributed by atoms with Gasteiger partial charge in [0.15, 0.2) is 0 Å². The maximum Gasteiger partial charge on any atom is 0.352 e. The molecule has 0 amide bonds. The summed E-state index contributed by atoms with van der Waals surface area (Å²) < 4.78 is 6.32. The van der Waals surface area contributed by atoms with Crippen molar-refractivity contribution in [2.75, 3.05) is 0 Å². The van der Waals surface area contributed by atoms with Gasteiger partial charge in [0.25, 0.3) is 0 Å². The molecule has 6 nitrogen and oxygen atoms in total. The standard InChI is InChI=1S/C29H33N3O3/c1-27(2,3)19-12-14-20(15-13-19)29(7,26(33)34)35-25-17-16-21(28(4,5)6)18-24(25)32-30-22-10-8-9-11-23(22)31-32/h8-18H,1-7H3,(H,33,34). The fourth-order valence-electron chi connectivity index (χ4n) is 3.93. The monoisotopic (exact) mass is 471 g/mol. The van der Waals surface area contributed by atoms with Crippen LogP contribution in [0.1, 0.15) is 65.2 Å². The number of hydrogen-bond acceptors (Lipinski definition) is 4. The first kappa shape index (κ1) is 24.5. The molecule has 1 unspecified atom stereocenters. The van der Waals surface area contributed by atoms with Gasteiger partial charge in [-0.2, -0.15) is 0 Å². The van der Waals surface area contributed by atoms with Gasteiger partial charge in [-0.25, -0.2) is 4.79 Å². The number of carbonyl (C=O) groups is 1. The van der Waals surface area contributed by atoms with Gasteiger partial charge in [0.05, 0.1) is 0 Å². The SMILES string of the molecule is CC(C)(C)c1ccc(C(C)(Oc2ccc(C(C)(C)C)cc2-n2nc3ccccc3n2)C(=O)O)cc1. The molecule has 1 heterocycles. The van der Waals surface area contributed by atoms with Crippen molar-refractivity contribution < 1.29 is 14.6 Å². The molecule has 1 atom stereocenters. The van der Waals surface area contributed by atoms with E-state index in [0.29, 0.717) is 17.0 Å². The van der Waals surface area contributed by atoms with E-state index in [1.165, 1.54) is 4.80 Å². The number of aliphatic carboxylic acids is 1. The molecular weight excluding hydrogens is 438 g/mol. The highest BCUT2D eigenvalue weighted by Crippen LogP contribution is 2.36. The van der Waals surface area contributed by atoms with E-state index in [1.807, 2.05) is 66.7 Å². The Labute approximate surface area is 206 Å². The molecule has 4 rings (SSSR count). The first-order chi connectivity index (χ1) is 16.3. The molecule has 1 aromatic heterocycles. The summed E-state index contributed by atoms with van der Waals surface area (Å²) in [6.07, 6.45) is 0. The lowest BCUT2D eigenvalue weighted by Gasteiger charge is -2.29. The average Bonchev–Trinajstić information content (AvgIpc) is 3.22. The maximum atomic E-state index is 12.6. The van der Waals surface area contributed by atoms with E-state index in [2.05, 4.69) is 51.7 Å². The third-order valence-corrected chi connectivity index (χ3v) is 6.35. The van der Waals surface area contributed by atoms with Crippen LogP contribution < -0.4 is 4.74 Å². The van der Waals surface area contributed by atoms with Crippen molar-refractivity contribution in [1.29, 1.82) is 0 Å². The third-order valence-electron chi connectivity index (χ3n) is 6.35. The molecular formula is C29H33N3O3. The zero-order chi connectivity index (χ0) is 25.6. The van der Waals surface area contributed by atoms with Crippen molar-refractivity contribution in [3.8, 4) is 11.4 Å². The molecule has 0 saturated carbocycles. The van der Waals surface area contributed by atoms with Crippen molar-refractivity contribution in [3.05, 3.63) is 83.4 Å². The highest BCUT2D eigenvalue weighted by atomic mass is 16.5. The number of carboxylic acids is 1. The van der Waals surface area contributed by atoms with Gasteiger partial charge in [-0.05, 0) is 53.1 Å². The van der Waals surface area contributed by atoms with E-state index in [4.69, 9.17) is 4.74 Å². The van der Waals surface area contributed by atoms with E-state index in [9.17, 15) is 9.90 Å². The molecule has 182 valence electrons. The summed E-state index contributed by atoms with van der Waals surface area (Å²) in [6.45, 7) is 14.3. The Morgan fingerprint density at radius 1 is 0.743 bits per heavy atom. The van der Waals surface area contributed by atoms with Gasteiger partial charge in [-0.1, -0.05) is 84.0 Å². The van der Waals surface area contributed by atoms with Crippen LogP contribution in [0.2, 0.25) is 0 Å². The molecule has 3 aromatic carbocycles. The molecule has 1 N–H and O–H groups in total. The Hall–Kier alpha value is -3.67. The first-order valence-corrected chi connectivity index (χ1v) is 11.8. The number of rotatable bonds is 5. The van der Waals surface area contributed by atoms with Crippen molar-refractivity contribution in [2.24, 2.45) is 0 Å². The van der Waals surface area contributed by atoms with E-state index < -0.39 is 11.6 Å². The average molecular weight is 472 g/mol. The van der Waals surface area contributed by atoms with Gasteiger partial charge >= 0.3 is 5.97 Å². The Balaban J connectivity index is 1.83. The van der Waals surface area contributed by atoms with Gasteiger partial charge in [-0.3, -0.25) is 0 Å². The van der Waals surface area contributed by atoms with Crippen LogP contribution in [0.15, 0.2) is 66.7 Å². The molecule has 0 aliphatic carbocycles. The van der Waals surface area contributed by atoms with Crippen LogP contribution in [0.3, 0.4) is 0 Å². The molecule has 0 spiro atoms. The van der Waals surface area contributed by atoms with Crippen LogP contribution >= 0.6 is 0 Å². The summed E-state index contributed by atoms with van der Waals surface area (Å²) in [5.41, 5.74) is 3.05. The van der Waals surface area contributed by atoms with E-state index in [1.54, 1.807) is 6.92 Å². The maximum absolute atomic E-state index is 12.6. The molecule has 0 fully saturated rings. The summed E-state index contributed by atoms with van der Waals surface area (Å²) in [7, 11) is 0. The summed E-state index contributed by atoms with van der Waals surface area (Å²) in [4.78, 5) is 14.1. The van der Waals surface area contributed by atoms with E-state index in [-0.39, 0.29) is 10.8 Å². The fraction of sp³-hybridized carbons (Fsp3) is 0.345. The summed E-state index contributed by atoms with van der Waals surface area (Å²) >= 11 is 0. The molecule has 0 aliphatic rings. The topological polar surface area (TPSA) is 77.2 Å². The smallest absolute Gasteiger partial charge is 0.352 e. The summed E-state index contributed by atoms with van der Waals surface area (Å²) in [5.74, 6) is -0.687. The second-order valence-electron chi connectivity index (χ2n) is 11.2. The molecule has 0 radical (unpaired) electrons. The molecule has 6 heteroatoms. The number of fused-ring (bicyclic) bond motifs is 1. The van der Waals surface area contributed by atoms with E-state index in [0.717, 1.165) is 22.2 Å². The van der Waals surface area contributed by atoms with Crippen molar-refractivity contribution in [2.45, 2.75) is 64.9 Å². The number of aromatic nitrogens is 3. The zero-order valence-corrected chi connectivity index (χ0v) is 21.5. The predicted octanol–water partition coefficient (Wildman–Crippen LogP) is 6.39. The van der Waals surface area contributed by atoms with Crippen LogP contribution in [-0.2, 0) is 21.2 Å². The second-order valence-corrected chi connectivity index (χ2v) is 11.2. The van der Waals surface area contributed by atoms with Crippen molar-refractivity contribution in [1.82, 2.24) is 15.0 Å². The molecule has 0 saturated heterocycles. The number of nitrogens with zero attached hydrogens (tertiary/aromatic N) is 3. The first-order valence-electron chi connectivity index (χ1n) is 11.8. The largest absolute Gasteiger partial charge is 0.478 e. The Morgan fingerprint density at radius 2 is 1.23 bits per heavy atom. The molecule has 4 aromatic rings.